The number of carbonyl (C=O) groups is 2. The molecular formula is C29H32N4O7. The summed E-state index contributed by atoms with van der Waals surface area (Å²) in [6.45, 7) is 0.687. The topological polar surface area (TPSA) is 127 Å². The number of hydrogen-bond acceptors (Lipinski definition) is 8. The molecule has 2 aromatic carbocycles. The summed E-state index contributed by atoms with van der Waals surface area (Å²) in [6, 6.07) is 7.20. The van der Waals surface area contributed by atoms with Crippen LogP contribution >= 0.6 is 0 Å². The first kappa shape index (κ1) is 27.1. The Kier molecular flexibility index (Phi) is 7.17. The Bertz CT molecular complexity index is 1660. The lowest BCUT2D eigenvalue weighted by atomic mass is 9.95. The number of aromatic amines is 1. The Morgan fingerprint density at radius 1 is 0.850 bits per heavy atom. The minimum Gasteiger partial charge on any atom is -0.493 e. The fourth-order valence-electron chi connectivity index (χ4n) is 5.46. The zero-order chi connectivity index (χ0) is 28.7. The Hall–Kier alpha value is -4.48. The quantitative estimate of drug-likeness (QED) is 0.258. The number of methoxy groups -OCH3 is 4. The molecule has 1 atom stereocenters. The molecule has 0 aliphatic carbocycles. The third kappa shape index (κ3) is 4.33. The number of aliphatic hydroxyl groups is 1. The maximum Gasteiger partial charge on any atom is 0.259 e. The van der Waals surface area contributed by atoms with Gasteiger partial charge in [-0.25, -0.2) is 0 Å². The van der Waals surface area contributed by atoms with E-state index in [1.54, 1.807) is 24.5 Å². The molecule has 4 aromatic rings. The summed E-state index contributed by atoms with van der Waals surface area (Å²) in [6.07, 6.45) is 2.76. The van der Waals surface area contributed by atoms with Crippen LogP contribution in [0, 0.1) is 0 Å². The molecule has 5 rings (SSSR count). The average Bonchev–Trinajstić information content (AvgIpc) is 3.59. The van der Waals surface area contributed by atoms with E-state index in [2.05, 4.69) is 10.3 Å². The first-order chi connectivity index (χ1) is 19.2. The van der Waals surface area contributed by atoms with Crippen LogP contribution in [0.2, 0.25) is 0 Å². The van der Waals surface area contributed by atoms with Crippen LogP contribution in [0.15, 0.2) is 36.7 Å². The number of fused-ring (bicyclic) bond motifs is 2. The number of amides is 2. The van der Waals surface area contributed by atoms with E-state index < -0.39 is 17.9 Å². The van der Waals surface area contributed by atoms with Crippen LogP contribution in [0.1, 0.15) is 11.1 Å². The number of ether oxygens (including phenoxy) is 4. The van der Waals surface area contributed by atoms with Gasteiger partial charge in [0, 0.05) is 36.6 Å². The molecular weight excluding hydrogens is 516 g/mol. The predicted molar refractivity (Wildman–Crippen MR) is 151 cm³/mol. The van der Waals surface area contributed by atoms with Gasteiger partial charge >= 0.3 is 0 Å². The maximum absolute atomic E-state index is 13.5. The number of carbonyl (C=O) groups excluding carboxylic acids is 2. The van der Waals surface area contributed by atoms with Crippen molar-refractivity contribution in [2.45, 2.75) is 12.6 Å². The molecule has 1 aliphatic rings. The Balaban J connectivity index is 1.84. The summed E-state index contributed by atoms with van der Waals surface area (Å²) in [5.41, 5.74) is 2.73. The molecule has 0 saturated heterocycles. The number of rotatable bonds is 10. The lowest BCUT2D eigenvalue weighted by molar-refractivity contribution is -0.122. The second kappa shape index (κ2) is 10.6. The molecule has 1 aliphatic heterocycles. The van der Waals surface area contributed by atoms with E-state index in [1.165, 1.54) is 28.4 Å². The van der Waals surface area contributed by atoms with Gasteiger partial charge in [-0.05, 0) is 38.4 Å². The van der Waals surface area contributed by atoms with Gasteiger partial charge < -0.3 is 38.5 Å². The smallest absolute Gasteiger partial charge is 0.259 e. The Labute approximate surface area is 230 Å². The van der Waals surface area contributed by atoms with Crippen LogP contribution < -0.4 is 24.3 Å². The SMILES string of the molecule is COc1ccc2[nH]cc(C3=C(c4cn(CC(O)CN(C)C)c5ccc(OC)c(OC)c45)C(=O)NC3=O)c2c1OC. The highest BCUT2D eigenvalue weighted by Crippen LogP contribution is 2.46. The number of nitrogens with one attached hydrogen (secondary N) is 2. The van der Waals surface area contributed by atoms with Gasteiger partial charge in [0.2, 0.25) is 0 Å². The second-order valence-electron chi connectivity index (χ2n) is 9.77. The molecule has 0 radical (unpaired) electrons. The van der Waals surface area contributed by atoms with Crippen LogP contribution in [-0.2, 0) is 16.1 Å². The highest BCUT2D eigenvalue weighted by molar-refractivity contribution is 6.51. The number of nitrogens with zero attached hydrogens (tertiary/aromatic N) is 2. The minimum absolute atomic E-state index is 0.174. The van der Waals surface area contributed by atoms with Crippen molar-refractivity contribution in [2.75, 3.05) is 49.1 Å². The molecule has 2 amide bonds. The third-order valence-electron chi connectivity index (χ3n) is 7.03. The van der Waals surface area contributed by atoms with Gasteiger partial charge in [-0.15, -0.1) is 0 Å². The third-order valence-corrected chi connectivity index (χ3v) is 7.03. The molecule has 0 spiro atoms. The highest BCUT2D eigenvalue weighted by atomic mass is 16.5. The van der Waals surface area contributed by atoms with E-state index in [9.17, 15) is 14.7 Å². The van der Waals surface area contributed by atoms with Crippen molar-refractivity contribution in [1.82, 2.24) is 19.8 Å². The molecule has 40 heavy (non-hydrogen) atoms. The van der Waals surface area contributed by atoms with E-state index in [1.807, 2.05) is 35.7 Å². The van der Waals surface area contributed by atoms with Crippen LogP contribution in [0.5, 0.6) is 23.0 Å². The van der Waals surface area contributed by atoms with Gasteiger partial charge in [0.05, 0.1) is 67.5 Å². The van der Waals surface area contributed by atoms with Gasteiger partial charge in [-0.3, -0.25) is 14.9 Å². The van der Waals surface area contributed by atoms with Crippen molar-refractivity contribution in [3.05, 3.63) is 47.8 Å². The molecule has 3 N–H and O–H groups in total. The monoisotopic (exact) mass is 548 g/mol. The zero-order valence-corrected chi connectivity index (χ0v) is 23.2. The summed E-state index contributed by atoms with van der Waals surface area (Å²) in [7, 11) is 9.87. The average molecular weight is 549 g/mol. The largest absolute Gasteiger partial charge is 0.493 e. The standard InChI is InChI=1S/C29H32N4O7/c1-32(2)12-15(34)13-33-14-17(23-19(33)8-10-21(38-4)27(23)40-6)25-24(28(35)31-29(25)36)16-11-30-18-7-9-20(37-3)26(39-5)22(16)18/h7-11,14-15,30,34H,12-13H2,1-6H3,(H,31,35,36). The maximum atomic E-state index is 13.5. The molecule has 210 valence electrons. The van der Waals surface area contributed by atoms with E-state index in [0.29, 0.717) is 62.5 Å². The van der Waals surface area contributed by atoms with Gasteiger partial charge in [0.15, 0.2) is 23.0 Å². The van der Waals surface area contributed by atoms with Gasteiger partial charge in [0.25, 0.3) is 11.8 Å². The van der Waals surface area contributed by atoms with Crippen molar-refractivity contribution >= 4 is 44.8 Å². The number of H-pyrrole nitrogens is 1. The van der Waals surface area contributed by atoms with E-state index in [4.69, 9.17) is 18.9 Å². The Morgan fingerprint density at radius 3 is 2.05 bits per heavy atom. The number of likely N-dealkylation sites (N-methyl/N-ethyl adjacent to an activating group) is 1. The lowest BCUT2D eigenvalue weighted by Crippen LogP contribution is -2.29. The Morgan fingerprint density at radius 2 is 1.45 bits per heavy atom. The number of aromatic nitrogens is 2. The normalized spacial score (nSPS) is 14.4. The zero-order valence-electron chi connectivity index (χ0n) is 23.2. The molecule has 11 nitrogen and oxygen atoms in total. The summed E-state index contributed by atoms with van der Waals surface area (Å²) >= 11 is 0. The van der Waals surface area contributed by atoms with Crippen LogP contribution in [-0.4, -0.2) is 86.6 Å². The minimum atomic E-state index is -0.690. The lowest BCUT2D eigenvalue weighted by Gasteiger charge is -2.17. The fraction of sp³-hybridized carbons (Fsp3) is 0.310. The molecule has 0 fully saturated rings. The van der Waals surface area contributed by atoms with Crippen molar-refractivity contribution in [2.24, 2.45) is 0 Å². The summed E-state index contributed by atoms with van der Waals surface area (Å²) in [5, 5.41) is 14.4. The van der Waals surface area contributed by atoms with Crippen LogP contribution in [0.4, 0.5) is 0 Å². The number of hydrogen-bond donors (Lipinski definition) is 3. The van der Waals surface area contributed by atoms with Gasteiger partial charge in [0.1, 0.15) is 0 Å². The van der Waals surface area contributed by atoms with Gasteiger partial charge in [-0.2, -0.15) is 0 Å². The fourth-order valence-corrected chi connectivity index (χ4v) is 5.46. The molecule has 11 heteroatoms. The molecule has 1 unspecified atom stereocenters. The molecule has 0 saturated carbocycles. The van der Waals surface area contributed by atoms with Crippen molar-refractivity contribution < 1.29 is 33.6 Å². The second-order valence-corrected chi connectivity index (χ2v) is 9.77. The van der Waals surface area contributed by atoms with Crippen LogP contribution in [0.25, 0.3) is 33.0 Å². The molecule has 0 bridgehead atoms. The summed E-state index contributed by atoms with van der Waals surface area (Å²) in [5.74, 6) is 0.709. The number of imide groups is 1. The molecule has 3 heterocycles. The van der Waals surface area contributed by atoms with Crippen molar-refractivity contribution in [1.29, 1.82) is 0 Å². The summed E-state index contributed by atoms with van der Waals surface area (Å²) < 4.78 is 24.3. The molecule has 2 aromatic heterocycles. The highest BCUT2D eigenvalue weighted by Gasteiger charge is 2.37. The first-order valence-electron chi connectivity index (χ1n) is 12.6. The van der Waals surface area contributed by atoms with Crippen molar-refractivity contribution in [3.63, 3.8) is 0 Å². The number of benzene rings is 2. The van der Waals surface area contributed by atoms with Gasteiger partial charge in [-0.1, -0.05) is 0 Å². The summed E-state index contributed by atoms with van der Waals surface area (Å²) in [4.78, 5) is 32.0. The number of aliphatic hydroxyl groups excluding tert-OH is 1. The van der Waals surface area contributed by atoms with Crippen molar-refractivity contribution in [3.8, 4) is 23.0 Å². The van der Waals surface area contributed by atoms with Crippen LogP contribution in [0.3, 0.4) is 0 Å². The van der Waals surface area contributed by atoms with E-state index >= 15 is 0 Å². The predicted octanol–water partition coefficient (Wildman–Crippen LogP) is 2.65. The van der Waals surface area contributed by atoms with E-state index in [0.717, 1.165) is 0 Å². The van der Waals surface area contributed by atoms with E-state index in [-0.39, 0.29) is 17.7 Å². The first-order valence-corrected chi connectivity index (χ1v) is 12.6.